The van der Waals surface area contributed by atoms with Crippen molar-refractivity contribution >= 4 is 17.7 Å². The van der Waals surface area contributed by atoms with E-state index in [9.17, 15) is 14.4 Å². The van der Waals surface area contributed by atoms with E-state index in [1.807, 2.05) is 48.5 Å². The van der Waals surface area contributed by atoms with E-state index >= 15 is 0 Å². The molecule has 0 radical (unpaired) electrons. The van der Waals surface area contributed by atoms with Gasteiger partial charge in [0.05, 0.1) is 6.10 Å². The number of nitrogens with zero attached hydrogens (tertiary/aromatic N) is 1. The highest BCUT2D eigenvalue weighted by molar-refractivity contribution is 6.10. The Hall–Kier alpha value is -3.19. The molecule has 36 heavy (non-hydrogen) atoms. The topological polar surface area (TPSA) is 87.7 Å². The molecule has 2 bridgehead atoms. The van der Waals surface area contributed by atoms with E-state index in [2.05, 4.69) is 10.6 Å². The zero-order valence-corrected chi connectivity index (χ0v) is 20.7. The Labute approximate surface area is 212 Å². The molecule has 2 aromatic carbocycles. The summed E-state index contributed by atoms with van der Waals surface area (Å²) in [5.41, 5.74) is 0.700. The summed E-state index contributed by atoms with van der Waals surface area (Å²) in [4.78, 5) is 38.5. The first kappa shape index (κ1) is 24.5. The first-order chi connectivity index (χ1) is 17.6. The van der Waals surface area contributed by atoms with E-state index in [0.717, 1.165) is 24.2 Å². The zero-order chi connectivity index (χ0) is 25.0. The van der Waals surface area contributed by atoms with Crippen molar-refractivity contribution in [2.45, 2.75) is 69.6 Å². The Bertz CT molecular complexity index is 1050. The molecule has 4 aliphatic heterocycles. The van der Waals surface area contributed by atoms with Crippen molar-refractivity contribution in [3.05, 3.63) is 65.7 Å². The number of benzene rings is 2. The van der Waals surface area contributed by atoms with Crippen LogP contribution >= 0.6 is 0 Å². The van der Waals surface area contributed by atoms with Crippen molar-refractivity contribution in [3.8, 4) is 5.75 Å². The number of hydrogen-bond donors (Lipinski definition) is 2. The number of carbonyl (C=O) groups is 3. The van der Waals surface area contributed by atoms with Crippen LogP contribution in [0.15, 0.2) is 54.6 Å². The molecule has 5 fully saturated rings. The van der Waals surface area contributed by atoms with Gasteiger partial charge in [-0.25, -0.2) is 0 Å². The SMILES string of the molecule is C1CCNC1.O=C1NC(=O)C2(N3Cc4cc(OC5CCCC5)ccc4C3=O)CC1C2.c1ccccc1. The molecule has 0 aromatic heterocycles. The van der Waals surface area contributed by atoms with Crippen LogP contribution in [0.2, 0.25) is 0 Å². The molecule has 3 saturated heterocycles. The minimum atomic E-state index is -0.846. The summed E-state index contributed by atoms with van der Waals surface area (Å²) < 4.78 is 6.03. The summed E-state index contributed by atoms with van der Waals surface area (Å²) in [6.07, 6.45) is 8.53. The van der Waals surface area contributed by atoms with Gasteiger partial charge < -0.3 is 15.0 Å². The number of ether oxygens (including phenoxy) is 1. The lowest BCUT2D eigenvalue weighted by atomic mass is 9.63. The molecule has 0 spiro atoms. The molecule has 2 aromatic rings. The van der Waals surface area contributed by atoms with Crippen LogP contribution in [0.25, 0.3) is 0 Å². The minimum Gasteiger partial charge on any atom is -0.490 e. The highest BCUT2D eigenvalue weighted by atomic mass is 16.5. The van der Waals surface area contributed by atoms with Crippen molar-refractivity contribution in [2.24, 2.45) is 5.92 Å². The van der Waals surface area contributed by atoms with Gasteiger partial charge in [-0.15, -0.1) is 0 Å². The average Bonchev–Trinajstić information content (AvgIpc) is 3.65. The van der Waals surface area contributed by atoms with Crippen molar-refractivity contribution in [2.75, 3.05) is 13.1 Å². The van der Waals surface area contributed by atoms with Gasteiger partial charge in [-0.2, -0.15) is 0 Å². The molecule has 7 nitrogen and oxygen atoms in total. The smallest absolute Gasteiger partial charge is 0.255 e. The Kier molecular flexibility index (Phi) is 7.37. The van der Waals surface area contributed by atoms with Crippen LogP contribution in [0, 0.1) is 5.92 Å². The molecular weight excluding hydrogens is 454 g/mol. The van der Waals surface area contributed by atoms with Gasteiger partial charge in [0.25, 0.3) is 11.8 Å². The highest BCUT2D eigenvalue weighted by Crippen LogP contribution is 2.49. The zero-order valence-electron chi connectivity index (χ0n) is 20.7. The number of nitrogens with one attached hydrogen (secondary N) is 2. The van der Waals surface area contributed by atoms with Gasteiger partial charge in [0.2, 0.25) is 5.91 Å². The summed E-state index contributed by atoms with van der Waals surface area (Å²) in [7, 11) is 0. The van der Waals surface area contributed by atoms with E-state index in [1.54, 1.807) is 11.0 Å². The fourth-order valence-electron chi connectivity index (χ4n) is 5.72. The third-order valence-corrected chi connectivity index (χ3v) is 7.82. The normalized spacial score (nSPS) is 26.2. The van der Waals surface area contributed by atoms with Crippen LogP contribution in [0.1, 0.15) is 67.3 Å². The Morgan fingerprint density at radius 1 is 0.861 bits per heavy atom. The lowest BCUT2D eigenvalue weighted by molar-refractivity contribution is -0.160. The maximum absolute atomic E-state index is 12.8. The first-order valence-electron chi connectivity index (χ1n) is 13.2. The van der Waals surface area contributed by atoms with Crippen LogP contribution < -0.4 is 15.4 Å². The van der Waals surface area contributed by atoms with Crippen LogP contribution in [0.5, 0.6) is 5.75 Å². The van der Waals surface area contributed by atoms with Crippen LogP contribution in [-0.2, 0) is 16.1 Å². The first-order valence-corrected chi connectivity index (χ1v) is 13.2. The second-order valence-electron chi connectivity index (χ2n) is 10.3. The summed E-state index contributed by atoms with van der Waals surface area (Å²) in [6, 6.07) is 17.6. The van der Waals surface area contributed by atoms with Gasteiger partial charge >= 0.3 is 0 Å². The molecule has 190 valence electrons. The van der Waals surface area contributed by atoms with Gasteiger partial charge in [0.1, 0.15) is 11.3 Å². The van der Waals surface area contributed by atoms with Crippen molar-refractivity contribution in [1.29, 1.82) is 0 Å². The van der Waals surface area contributed by atoms with E-state index in [0.29, 0.717) is 24.9 Å². The molecule has 6 aliphatic rings. The van der Waals surface area contributed by atoms with Crippen molar-refractivity contribution in [1.82, 2.24) is 15.5 Å². The molecule has 4 heterocycles. The number of imide groups is 1. The summed E-state index contributed by atoms with van der Waals surface area (Å²) >= 11 is 0. The lowest BCUT2D eigenvalue weighted by Gasteiger charge is -2.53. The fourth-order valence-corrected chi connectivity index (χ4v) is 5.72. The largest absolute Gasteiger partial charge is 0.490 e. The molecule has 0 atom stereocenters. The summed E-state index contributed by atoms with van der Waals surface area (Å²) in [6.45, 7) is 2.91. The minimum absolute atomic E-state index is 0.120. The monoisotopic (exact) mass is 489 g/mol. The van der Waals surface area contributed by atoms with Crippen LogP contribution in [0.3, 0.4) is 0 Å². The van der Waals surface area contributed by atoms with Crippen molar-refractivity contribution < 1.29 is 19.1 Å². The molecule has 2 N–H and O–H groups in total. The van der Waals surface area contributed by atoms with Crippen molar-refractivity contribution in [3.63, 3.8) is 0 Å². The lowest BCUT2D eigenvalue weighted by Crippen LogP contribution is -2.73. The second kappa shape index (κ2) is 10.8. The number of piperidine rings is 2. The summed E-state index contributed by atoms with van der Waals surface area (Å²) in [5, 5.41) is 5.63. The van der Waals surface area contributed by atoms with E-state index < -0.39 is 5.54 Å². The van der Waals surface area contributed by atoms with E-state index in [4.69, 9.17) is 4.74 Å². The molecule has 2 aliphatic carbocycles. The number of hydrogen-bond acceptors (Lipinski definition) is 5. The molecule has 7 heteroatoms. The van der Waals surface area contributed by atoms with E-state index in [1.165, 1.54) is 38.8 Å². The van der Waals surface area contributed by atoms with Crippen LogP contribution in [0.4, 0.5) is 0 Å². The predicted octanol–water partition coefficient (Wildman–Crippen LogP) is 3.83. The molecule has 3 amide bonds. The Balaban J connectivity index is 0.000000200. The van der Waals surface area contributed by atoms with Crippen LogP contribution in [-0.4, -0.2) is 47.4 Å². The van der Waals surface area contributed by atoms with Gasteiger partial charge in [-0.1, -0.05) is 36.4 Å². The fraction of sp³-hybridized carbons (Fsp3) is 0.483. The standard InChI is InChI=1S/C19H20N2O4.C6H6.C4H9N/c22-16-12-8-19(9-12,18(24)20-16)21-10-11-7-14(5-6-15(11)17(21)23)25-13-3-1-2-4-13;1-2-4-6-5-3-1;1-2-4-5-3-1/h5-7,12-13H,1-4,8-10H2,(H,20,22,24);1-6H;5H,1-4H2. The third kappa shape index (κ3) is 5.03. The maximum Gasteiger partial charge on any atom is 0.255 e. The molecule has 2 saturated carbocycles. The third-order valence-electron chi connectivity index (χ3n) is 7.82. The average molecular weight is 490 g/mol. The second-order valence-corrected chi connectivity index (χ2v) is 10.3. The van der Waals surface area contributed by atoms with Gasteiger partial charge in [0, 0.05) is 18.0 Å². The number of amides is 3. The molecule has 8 rings (SSSR count). The van der Waals surface area contributed by atoms with E-state index in [-0.39, 0.29) is 29.7 Å². The Morgan fingerprint density at radius 2 is 1.50 bits per heavy atom. The van der Waals surface area contributed by atoms with Gasteiger partial charge in [0.15, 0.2) is 0 Å². The number of carbonyl (C=O) groups excluding carboxylic acids is 3. The quantitative estimate of drug-likeness (QED) is 0.640. The predicted molar refractivity (Wildman–Crippen MR) is 136 cm³/mol. The van der Waals surface area contributed by atoms with Gasteiger partial charge in [-0.3, -0.25) is 19.7 Å². The number of rotatable bonds is 3. The summed E-state index contributed by atoms with van der Waals surface area (Å²) in [5.74, 6) is 0.000248. The molecule has 0 unspecified atom stereocenters. The van der Waals surface area contributed by atoms with Gasteiger partial charge in [-0.05, 0) is 88.2 Å². The highest BCUT2D eigenvalue weighted by Gasteiger charge is 2.62. The maximum atomic E-state index is 12.8. The Morgan fingerprint density at radius 3 is 2.06 bits per heavy atom. The molecular formula is C29H35N3O4. The number of fused-ring (bicyclic) bond motifs is 3.